The summed E-state index contributed by atoms with van der Waals surface area (Å²) in [5.41, 5.74) is 2.11. The van der Waals surface area contributed by atoms with Crippen LogP contribution in [0.4, 0.5) is 0 Å². The van der Waals surface area contributed by atoms with Gasteiger partial charge in [0.15, 0.2) is 0 Å². The van der Waals surface area contributed by atoms with Crippen molar-refractivity contribution in [3.63, 3.8) is 0 Å². The minimum Gasteiger partial charge on any atom is -0.512 e. The van der Waals surface area contributed by atoms with E-state index in [4.69, 9.17) is 0 Å². The molecule has 0 aromatic carbocycles. The first kappa shape index (κ1) is 7.39. The molecule has 1 nitrogen and oxygen atoms in total. The Labute approximate surface area is 62.1 Å². The Morgan fingerprint density at radius 2 is 2.00 bits per heavy atom. The lowest BCUT2D eigenvalue weighted by Gasteiger charge is -2.15. The summed E-state index contributed by atoms with van der Waals surface area (Å²) in [5, 5.41) is 9.36. The first-order valence-electron chi connectivity index (χ1n) is 3.78. The maximum atomic E-state index is 9.36. The molecule has 0 amide bonds. The molecule has 0 aliphatic heterocycles. The largest absolute Gasteiger partial charge is 0.512 e. The molecule has 1 aliphatic carbocycles. The molecular formula is C9H14O. The van der Waals surface area contributed by atoms with Crippen molar-refractivity contribution in [3.05, 3.63) is 23.5 Å². The maximum Gasteiger partial charge on any atom is 0.0956 e. The molecule has 10 heavy (non-hydrogen) atoms. The Kier molecular flexibility index (Phi) is 2.15. The lowest BCUT2D eigenvalue weighted by Crippen LogP contribution is -1.99. The SMILES string of the molecule is C=C(C)C1=C(O)CCCC1. The van der Waals surface area contributed by atoms with E-state index in [2.05, 4.69) is 6.58 Å². The molecule has 0 saturated heterocycles. The van der Waals surface area contributed by atoms with Crippen LogP contribution in [0.15, 0.2) is 23.5 Å². The Balaban J connectivity index is 2.78. The second kappa shape index (κ2) is 2.91. The molecule has 0 radical (unpaired) electrons. The number of hydrogen-bond donors (Lipinski definition) is 1. The highest BCUT2D eigenvalue weighted by molar-refractivity contribution is 5.29. The molecule has 0 saturated carbocycles. The first-order valence-corrected chi connectivity index (χ1v) is 3.78. The Morgan fingerprint density at radius 3 is 2.40 bits per heavy atom. The summed E-state index contributed by atoms with van der Waals surface area (Å²) in [6.45, 7) is 5.77. The zero-order chi connectivity index (χ0) is 7.56. The van der Waals surface area contributed by atoms with Crippen molar-refractivity contribution >= 4 is 0 Å². The van der Waals surface area contributed by atoms with Gasteiger partial charge in [-0.25, -0.2) is 0 Å². The van der Waals surface area contributed by atoms with Crippen LogP contribution in [-0.4, -0.2) is 5.11 Å². The van der Waals surface area contributed by atoms with E-state index < -0.39 is 0 Å². The van der Waals surface area contributed by atoms with Gasteiger partial charge in [-0.15, -0.1) is 0 Å². The lowest BCUT2D eigenvalue weighted by atomic mass is 9.94. The average Bonchev–Trinajstić information content (AvgIpc) is 1.88. The summed E-state index contributed by atoms with van der Waals surface area (Å²) >= 11 is 0. The van der Waals surface area contributed by atoms with Gasteiger partial charge in [0.2, 0.25) is 0 Å². The molecule has 0 aromatic rings. The molecule has 0 bridgehead atoms. The highest BCUT2D eigenvalue weighted by Crippen LogP contribution is 2.26. The molecule has 0 fully saturated rings. The molecule has 1 N–H and O–H groups in total. The number of rotatable bonds is 1. The third-order valence-electron chi connectivity index (χ3n) is 1.95. The van der Waals surface area contributed by atoms with Crippen LogP contribution < -0.4 is 0 Å². The summed E-state index contributed by atoms with van der Waals surface area (Å²) in [7, 11) is 0. The number of aliphatic hydroxyl groups excluding tert-OH is 1. The fourth-order valence-electron chi connectivity index (χ4n) is 1.35. The topological polar surface area (TPSA) is 20.2 Å². The Morgan fingerprint density at radius 1 is 1.40 bits per heavy atom. The standard InChI is InChI=1S/C9H14O/c1-7(2)8-5-3-4-6-9(8)10/h10H,1,3-6H2,2H3. The van der Waals surface area contributed by atoms with Crippen molar-refractivity contribution in [1.29, 1.82) is 0 Å². The second-order valence-corrected chi connectivity index (χ2v) is 2.91. The van der Waals surface area contributed by atoms with Crippen LogP contribution in [0, 0.1) is 0 Å². The van der Waals surface area contributed by atoms with Crippen molar-refractivity contribution in [2.24, 2.45) is 0 Å². The van der Waals surface area contributed by atoms with Crippen LogP contribution in [0.2, 0.25) is 0 Å². The smallest absolute Gasteiger partial charge is 0.0956 e. The van der Waals surface area contributed by atoms with Crippen LogP contribution in [0.5, 0.6) is 0 Å². The van der Waals surface area contributed by atoms with Crippen LogP contribution >= 0.6 is 0 Å². The fraction of sp³-hybridized carbons (Fsp3) is 0.556. The molecule has 56 valence electrons. The van der Waals surface area contributed by atoms with Gasteiger partial charge in [0, 0.05) is 6.42 Å². The minimum absolute atomic E-state index is 0.568. The summed E-state index contributed by atoms with van der Waals surface area (Å²) in [6.07, 6.45) is 4.19. The second-order valence-electron chi connectivity index (χ2n) is 2.91. The molecule has 0 aromatic heterocycles. The molecule has 0 spiro atoms. The number of aliphatic hydroxyl groups is 1. The predicted octanol–water partition coefficient (Wildman–Crippen LogP) is 2.95. The Bertz CT molecular complexity index is 177. The molecule has 0 unspecified atom stereocenters. The van der Waals surface area contributed by atoms with E-state index in [1.807, 2.05) is 6.92 Å². The van der Waals surface area contributed by atoms with Gasteiger partial charge in [-0.3, -0.25) is 0 Å². The quantitative estimate of drug-likeness (QED) is 0.590. The molecule has 1 aliphatic rings. The first-order chi connectivity index (χ1) is 4.72. The number of hydrogen-bond acceptors (Lipinski definition) is 1. The lowest BCUT2D eigenvalue weighted by molar-refractivity contribution is 0.361. The van der Waals surface area contributed by atoms with E-state index in [-0.39, 0.29) is 0 Å². The third-order valence-corrected chi connectivity index (χ3v) is 1.95. The van der Waals surface area contributed by atoms with Crippen molar-refractivity contribution < 1.29 is 5.11 Å². The van der Waals surface area contributed by atoms with Gasteiger partial charge in [-0.2, -0.15) is 0 Å². The predicted molar refractivity (Wildman–Crippen MR) is 42.9 cm³/mol. The molecule has 1 rings (SSSR count). The van der Waals surface area contributed by atoms with Gasteiger partial charge in [0.1, 0.15) is 0 Å². The van der Waals surface area contributed by atoms with E-state index in [0.717, 1.165) is 30.4 Å². The van der Waals surface area contributed by atoms with E-state index in [0.29, 0.717) is 5.76 Å². The van der Waals surface area contributed by atoms with Crippen molar-refractivity contribution in [2.75, 3.05) is 0 Å². The molecule has 1 heteroatoms. The van der Waals surface area contributed by atoms with Crippen molar-refractivity contribution in [2.45, 2.75) is 32.6 Å². The number of allylic oxidation sites excluding steroid dienone is 3. The van der Waals surface area contributed by atoms with E-state index in [9.17, 15) is 5.11 Å². The summed E-state index contributed by atoms with van der Waals surface area (Å²) in [4.78, 5) is 0. The zero-order valence-corrected chi connectivity index (χ0v) is 6.48. The average molecular weight is 138 g/mol. The van der Waals surface area contributed by atoms with Gasteiger partial charge >= 0.3 is 0 Å². The van der Waals surface area contributed by atoms with E-state index in [1.54, 1.807) is 0 Å². The van der Waals surface area contributed by atoms with Crippen LogP contribution in [-0.2, 0) is 0 Å². The van der Waals surface area contributed by atoms with E-state index >= 15 is 0 Å². The van der Waals surface area contributed by atoms with Gasteiger partial charge in [0.05, 0.1) is 5.76 Å². The highest BCUT2D eigenvalue weighted by atomic mass is 16.3. The normalized spacial score (nSPS) is 19.3. The molecule has 0 heterocycles. The summed E-state index contributed by atoms with van der Waals surface area (Å²) in [6, 6.07) is 0. The van der Waals surface area contributed by atoms with Crippen LogP contribution in [0.3, 0.4) is 0 Å². The fourth-order valence-corrected chi connectivity index (χ4v) is 1.35. The highest BCUT2D eigenvalue weighted by Gasteiger charge is 2.10. The van der Waals surface area contributed by atoms with Crippen LogP contribution in [0.1, 0.15) is 32.6 Å². The monoisotopic (exact) mass is 138 g/mol. The minimum atomic E-state index is 0.568. The summed E-state index contributed by atoms with van der Waals surface area (Å²) in [5.74, 6) is 0.568. The summed E-state index contributed by atoms with van der Waals surface area (Å²) < 4.78 is 0. The maximum absolute atomic E-state index is 9.36. The van der Waals surface area contributed by atoms with Gasteiger partial charge in [0.25, 0.3) is 0 Å². The van der Waals surface area contributed by atoms with Crippen molar-refractivity contribution in [3.8, 4) is 0 Å². The van der Waals surface area contributed by atoms with Crippen LogP contribution in [0.25, 0.3) is 0 Å². The third kappa shape index (κ3) is 1.41. The van der Waals surface area contributed by atoms with Gasteiger partial charge in [-0.05, 0) is 31.8 Å². The Hall–Kier alpha value is -0.720. The molecule has 0 atom stereocenters. The zero-order valence-electron chi connectivity index (χ0n) is 6.48. The van der Waals surface area contributed by atoms with E-state index in [1.165, 1.54) is 6.42 Å². The van der Waals surface area contributed by atoms with Crippen molar-refractivity contribution in [1.82, 2.24) is 0 Å². The van der Waals surface area contributed by atoms with Gasteiger partial charge in [-0.1, -0.05) is 12.2 Å². The molecular weight excluding hydrogens is 124 g/mol. The van der Waals surface area contributed by atoms with Gasteiger partial charge < -0.3 is 5.11 Å².